The molecule has 0 saturated heterocycles. The molecule has 2 atom stereocenters. The fraction of sp³-hybridized carbons (Fsp3) is 1.00. The molecule has 1 aliphatic carbocycles. The molecule has 0 amide bonds. The van der Waals surface area contributed by atoms with Crippen LogP contribution >= 0.6 is 0 Å². The Morgan fingerprint density at radius 3 is 2.36 bits per heavy atom. The summed E-state index contributed by atoms with van der Waals surface area (Å²) in [5.74, 6) is 1.53. The average molecular weight is 157 g/mol. The molecule has 0 bridgehead atoms. The molecule has 2 heteroatoms. The highest BCUT2D eigenvalue weighted by molar-refractivity contribution is 5.04. The number of methoxy groups -OCH3 is 1. The summed E-state index contributed by atoms with van der Waals surface area (Å²) in [6.45, 7) is 6.31. The van der Waals surface area contributed by atoms with Crippen molar-refractivity contribution in [1.29, 1.82) is 0 Å². The Labute approximate surface area is 69.1 Å². The Morgan fingerprint density at radius 2 is 2.00 bits per heavy atom. The second kappa shape index (κ2) is 3.11. The van der Waals surface area contributed by atoms with Gasteiger partial charge in [-0.3, -0.25) is 0 Å². The van der Waals surface area contributed by atoms with Gasteiger partial charge in [-0.2, -0.15) is 0 Å². The molecule has 0 heterocycles. The van der Waals surface area contributed by atoms with E-state index in [0.29, 0.717) is 5.41 Å². The van der Waals surface area contributed by atoms with Crippen molar-refractivity contribution in [2.75, 3.05) is 20.3 Å². The molecule has 2 unspecified atom stereocenters. The van der Waals surface area contributed by atoms with E-state index in [9.17, 15) is 0 Å². The Bertz CT molecular complexity index is 134. The molecule has 2 nitrogen and oxygen atoms in total. The lowest BCUT2D eigenvalue weighted by Gasteiger charge is -2.00. The van der Waals surface area contributed by atoms with E-state index in [2.05, 4.69) is 13.8 Å². The fourth-order valence-electron chi connectivity index (χ4n) is 2.14. The summed E-state index contributed by atoms with van der Waals surface area (Å²) in [7, 11) is 1.76. The summed E-state index contributed by atoms with van der Waals surface area (Å²) in [6.07, 6.45) is 1.17. The first-order valence-electron chi connectivity index (χ1n) is 4.33. The summed E-state index contributed by atoms with van der Waals surface area (Å²) < 4.78 is 5.04. The SMILES string of the molecule is COCCC1C(CN)C1(C)C. The molecule has 0 radical (unpaired) electrons. The van der Waals surface area contributed by atoms with E-state index in [1.807, 2.05) is 0 Å². The summed E-state index contributed by atoms with van der Waals surface area (Å²) in [5.41, 5.74) is 6.11. The molecule has 1 rings (SSSR count). The molecule has 11 heavy (non-hydrogen) atoms. The van der Waals surface area contributed by atoms with E-state index in [1.165, 1.54) is 6.42 Å². The van der Waals surface area contributed by atoms with Gasteiger partial charge in [-0.05, 0) is 30.2 Å². The van der Waals surface area contributed by atoms with E-state index < -0.39 is 0 Å². The molecule has 1 saturated carbocycles. The van der Waals surface area contributed by atoms with Gasteiger partial charge >= 0.3 is 0 Å². The molecule has 1 aliphatic rings. The van der Waals surface area contributed by atoms with Crippen LogP contribution in [0.25, 0.3) is 0 Å². The maximum Gasteiger partial charge on any atom is 0.0465 e. The Balaban J connectivity index is 2.28. The van der Waals surface area contributed by atoms with E-state index in [4.69, 9.17) is 10.5 Å². The van der Waals surface area contributed by atoms with Gasteiger partial charge in [-0.25, -0.2) is 0 Å². The van der Waals surface area contributed by atoms with Crippen LogP contribution in [-0.4, -0.2) is 20.3 Å². The highest BCUT2D eigenvalue weighted by Gasteiger charge is 2.55. The Hall–Kier alpha value is -0.0800. The van der Waals surface area contributed by atoms with Crippen LogP contribution in [0.5, 0.6) is 0 Å². The summed E-state index contributed by atoms with van der Waals surface area (Å²) in [5, 5.41) is 0. The van der Waals surface area contributed by atoms with Crippen molar-refractivity contribution in [2.24, 2.45) is 23.0 Å². The second-order valence-electron chi connectivity index (χ2n) is 4.05. The van der Waals surface area contributed by atoms with E-state index in [1.54, 1.807) is 7.11 Å². The molecule has 0 aromatic carbocycles. The van der Waals surface area contributed by atoms with Crippen LogP contribution in [0, 0.1) is 17.3 Å². The van der Waals surface area contributed by atoms with Crippen molar-refractivity contribution in [3.8, 4) is 0 Å². The van der Waals surface area contributed by atoms with Gasteiger partial charge in [0.25, 0.3) is 0 Å². The largest absolute Gasteiger partial charge is 0.385 e. The van der Waals surface area contributed by atoms with Crippen LogP contribution in [-0.2, 0) is 4.74 Å². The van der Waals surface area contributed by atoms with Crippen LogP contribution in [0.15, 0.2) is 0 Å². The minimum atomic E-state index is 0.479. The monoisotopic (exact) mass is 157 g/mol. The lowest BCUT2D eigenvalue weighted by Crippen LogP contribution is -2.05. The molecule has 0 aliphatic heterocycles. The van der Waals surface area contributed by atoms with Crippen LogP contribution in [0.1, 0.15) is 20.3 Å². The number of hydrogen-bond acceptors (Lipinski definition) is 2. The quantitative estimate of drug-likeness (QED) is 0.666. The third-order valence-corrected chi connectivity index (χ3v) is 3.17. The first kappa shape index (κ1) is 9.01. The molecular formula is C9H19NO. The van der Waals surface area contributed by atoms with Crippen molar-refractivity contribution in [1.82, 2.24) is 0 Å². The molecular weight excluding hydrogens is 138 g/mol. The minimum Gasteiger partial charge on any atom is -0.385 e. The van der Waals surface area contributed by atoms with Crippen LogP contribution < -0.4 is 5.73 Å². The Kier molecular flexibility index (Phi) is 2.55. The lowest BCUT2D eigenvalue weighted by atomic mass is 10.1. The maximum absolute atomic E-state index is 5.63. The molecule has 0 aromatic heterocycles. The predicted octanol–water partition coefficient (Wildman–Crippen LogP) is 1.25. The topological polar surface area (TPSA) is 35.2 Å². The molecule has 2 N–H and O–H groups in total. The average Bonchev–Trinajstić information content (AvgIpc) is 2.48. The van der Waals surface area contributed by atoms with Gasteiger partial charge in [0.1, 0.15) is 0 Å². The lowest BCUT2D eigenvalue weighted by molar-refractivity contribution is 0.185. The third-order valence-electron chi connectivity index (χ3n) is 3.17. The number of hydrogen-bond donors (Lipinski definition) is 1. The van der Waals surface area contributed by atoms with Gasteiger partial charge in [-0.15, -0.1) is 0 Å². The van der Waals surface area contributed by atoms with Crippen LogP contribution in [0.4, 0.5) is 0 Å². The summed E-state index contributed by atoms with van der Waals surface area (Å²) in [4.78, 5) is 0. The van der Waals surface area contributed by atoms with E-state index in [0.717, 1.165) is 25.0 Å². The zero-order chi connectivity index (χ0) is 8.48. The van der Waals surface area contributed by atoms with Gasteiger partial charge in [0.05, 0.1) is 0 Å². The number of rotatable bonds is 4. The van der Waals surface area contributed by atoms with Gasteiger partial charge in [0, 0.05) is 13.7 Å². The van der Waals surface area contributed by atoms with Crippen molar-refractivity contribution >= 4 is 0 Å². The van der Waals surface area contributed by atoms with Crippen molar-refractivity contribution in [2.45, 2.75) is 20.3 Å². The molecule has 0 spiro atoms. The first-order chi connectivity index (χ1) is 5.14. The normalized spacial score (nSPS) is 33.8. The van der Waals surface area contributed by atoms with Crippen LogP contribution in [0.3, 0.4) is 0 Å². The maximum atomic E-state index is 5.63. The van der Waals surface area contributed by atoms with Gasteiger partial charge < -0.3 is 10.5 Å². The standard InChI is InChI=1S/C9H19NO/c1-9(2)7(4-5-11-3)8(9)6-10/h7-8H,4-6,10H2,1-3H3. The van der Waals surface area contributed by atoms with Gasteiger partial charge in [0.2, 0.25) is 0 Å². The van der Waals surface area contributed by atoms with Crippen molar-refractivity contribution in [3.05, 3.63) is 0 Å². The molecule has 0 aromatic rings. The summed E-state index contributed by atoms with van der Waals surface area (Å²) in [6, 6.07) is 0. The summed E-state index contributed by atoms with van der Waals surface area (Å²) >= 11 is 0. The molecule has 1 fully saturated rings. The van der Waals surface area contributed by atoms with E-state index >= 15 is 0 Å². The van der Waals surface area contributed by atoms with Gasteiger partial charge in [0.15, 0.2) is 0 Å². The zero-order valence-electron chi connectivity index (χ0n) is 7.76. The minimum absolute atomic E-state index is 0.479. The first-order valence-corrected chi connectivity index (χ1v) is 4.33. The van der Waals surface area contributed by atoms with Crippen molar-refractivity contribution in [3.63, 3.8) is 0 Å². The highest BCUT2D eigenvalue weighted by atomic mass is 16.5. The Morgan fingerprint density at radius 1 is 1.36 bits per heavy atom. The zero-order valence-corrected chi connectivity index (χ0v) is 7.76. The van der Waals surface area contributed by atoms with Crippen LogP contribution in [0.2, 0.25) is 0 Å². The number of nitrogens with two attached hydrogens (primary N) is 1. The number of ether oxygens (including phenoxy) is 1. The predicted molar refractivity (Wildman–Crippen MR) is 46.3 cm³/mol. The third kappa shape index (κ3) is 1.57. The molecule has 66 valence electrons. The highest BCUT2D eigenvalue weighted by Crippen LogP contribution is 2.59. The second-order valence-corrected chi connectivity index (χ2v) is 4.05. The van der Waals surface area contributed by atoms with E-state index in [-0.39, 0.29) is 0 Å². The van der Waals surface area contributed by atoms with Crippen molar-refractivity contribution < 1.29 is 4.74 Å². The van der Waals surface area contributed by atoms with Gasteiger partial charge in [-0.1, -0.05) is 13.8 Å². The fourth-order valence-corrected chi connectivity index (χ4v) is 2.14. The smallest absolute Gasteiger partial charge is 0.0465 e.